The van der Waals surface area contributed by atoms with Gasteiger partial charge in [-0.2, -0.15) is 5.26 Å². The van der Waals surface area contributed by atoms with Gasteiger partial charge in [0.15, 0.2) is 0 Å². The van der Waals surface area contributed by atoms with Gasteiger partial charge >= 0.3 is 5.97 Å². The molecule has 7 nitrogen and oxygen atoms in total. The molecule has 0 heterocycles. The molecule has 6 fully saturated rings. The Morgan fingerprint density at radius 2 is 1.53 bits per heavy atom. The Balaban J connectivity index is 0.000000824. The Morgan fingerprint density at radius 3 is 2.12 bits per heavy atom. The summed E-state index contributed by atoms with van der Waals surface area (Å²) in [5.41, 5.74) is 1.47. The molecule has 7 rings (SSSR count). The summed E-state index contributed by atoms with van der Waals surface area (Å²) >= 11 is 0. The Hall–Kier alpha value is -2.88. The topological polar surface area (TPSA) is 116 Å². The maximum Gasteiger partial charge on any atom is 0.306 e. The van der Waals surface area contributed by atoms with Crippen molar-refractivity contribution in [1.29, 1.82) is 5.26 Å². The number of nitriles is 1. The second kappa shape index (κ2) is 18.6. The third kappa shape index (κ3) is 9.78. The number of carbonyl (C=O) groups is 3. The zero-order valence-corrected chi connectivity index (χ0v) is 36.3. The van der Waals surface area contributed by atoms with Crippen LogP contribution < -0.4 is 5.32 Å². The van der Waals surface area contributed by atoms with Crippen LogP contribution in [0.4, 0.5) is 0 Å². The summed E-state index contributed by atoms with van der Waals surface area (Å²) in [6, 6.07) is 13.2. The van der Waals surface area contributed by atoms with Crippen LogP contribution in [0.5, 0.6) is 0 Å². The molecule has 0 aliphatic heterocycles. The van der Waals surface area contributed by atoms with Gasteiger partial charge in [-0.3, -0.25) is 14.4 Å². The van der Waals surface area contributed by atoms with Crippen molar-refractivity contribution < 1.29 is 24.2 Å². The Kier molecular flexibility index (Phi) is 15.3. The Morgan fingerprint density at radius 1 is 0.877 bits per heavy atom. The summed E-state index contributed by atoms with van der Waals surface area (Å²) in [5.74, 6) is 4.72. The van der Waals surface area contributed by atoms with Crippen LogP contribution in [0.1, 0.15) is 178 Å². The molecule has 6 aliphatic carbocycles. The molecule has 0 aromatic heterocycles. The normalized spacial score (nSPS) is 35.7. The van der Waals surface area contributed by atoms with Gasteiger partial charge in [0.1, 0.15) is 6.10 Å². The lowest BCUT2D eigenvalue weighted by Gasteiger charge is -2.69. The number of carboxylic acid groups (broad SMARTS) is 1. The Bertz CT molecular complexity index is 1530. The van der Waals surface area contributed by atoms with E-state index in [2.05, 4.69) is 91.0 Å². The third-order valence-corrected chi connectivity index (χ3v) is 16.8. The molecule has 1 aromatic carbocycles. The number of rotatable bonds is 10. The maximum atomic E-state index is 13.0. The molecule has 7 heteroatoms. The SMILES string of the molecule is C.CC(C)(C)CC(=O)OC1CC[C@]2(C)C(CCC3(C)C4CCC5(CCC(C#N)(CCNC=O)c6ccccc6)CCCC5C4CCC32)C1(C)C.CC1CC1.O=CO. The number of amides is 1. The highest BCUT2D eigenvalue weighted by molar-refractivity contribution is 5.70. The van der Waals surface area contributed by atoms with E-state index in [1.807, 2.05) is 6.07 Å². The molecule has 0 radical (unpaired) electrons. The highest BCUT2D eigenvalue weighted by atomic mass is 16.5. The minimum Gasteiger partial charge on any atom is -0.483 e. The van der Waals surface area contributed by atoms with Gasteiger partial charge in [-0.15, -0.1) is 0 Å². The van der Waals surface area contributed by atoms with E-state index in [9.17, 15) is 14.9 Å². The van der Waals surface area contributed by atoms with Gasteiger partial charge in [0.2, 0.25) is 6.41 Å². The zero-order chi connectivity index (χ0) is 41.0. The first-order valence-electron chi connectivity index (χ1n) is 22.4. The second-order valence-electron chi connectivity index (χ2n) is 21.6. The van der Waals surface area contributed by atoms with E-state index in [1.165, 1.54) is 77.0 Å². The van der Waals surface area contributed by atoms with E-state index in [1.54, 1.807) is 0 Å². The highest BCUT2D eigenvalue weighted by Gasteiger charge is 2.66. The van der Waals surface area contributed by atoms with E-state index in [4.69, 9.17) is 14.6 Å². The molecule has 0 saturated heterocycles. The standard InChI is InChI=1S/C44H66N2O3.C4H8.CH2O2.CH4/c1-39(2,3)28-38(48)49-37-19-22-42(7)35(40(37,4)5)18-21-41(6)33-17-23-43(20-11-14-34(43)32(33)15-16-36(41)42)24-25-44(29-45,26-27-46-30-47)31-12-9-8-10-13-31;1-4-2-3-4;2-1-3;/h8-10,12-13,30,32-37H,11,14-28H2,1-7H3,(H,46,47);4H,2-3H2,1H3;1H,(H,2,3);1H4/t32?,33?,34?,35?,36?,37?,41?,42-,43?,44?;;;/m1.../s1. The van der Waals surface area contributed by atoms with Crippen LogP contribution in [0.3, 0.4) is 0 Å². The van der Waals surface area contributed by atoms with Crippen molar-refractivity contribution >= 4 is 18.9 Å². The highest BCUT2D eigenvalue weighted by Crippen LogP contribution is 2.73. The van der Waals surface area contributed by atoms with Crippen molar-refractivity contribution in [2.45, 2.75) is 183 Å². The molecule has 1 aromatic rings. The van der Waals surface area contributed by atoms with Gasteiger partial charge in [0.05, 0.1) is 17.9 Å². The van der Waals surface area contributed by atoms with E-state index >= 15 is 0 Å². The number of esters is 1. The summed E-state index contributed by atoms with van der Waals surface area (Å²) in [4.78, 5) is 32.5. The summed E-state index contributed by atoms with van der Waals surface area (Å²) in [7, 11) is 0. The molecule has 9 unspecified atom stereocenters. The number of benzene rings is 1. The largest absolute Gasteiger partial charge is 0.483 e. The number of nitrogens with zero attached hydrogens (tertiary/aromatic N) is 1. The predicted octanol–water partition coefficient (Wildman–Crippen LogP) is 11.9. The molecule has 0 spiro atoms. The molecule has 10 atom stereocenters. The summed E-state index contributed by atoms with van der Waals surface area (Å²) in [6.45, 7) is 19.1. The summed E-state index contributed by atoms with van der Waals surface area (Å²) in [6.07, 6.45) is 20.9. The molecule has 0 bridgehead atoms. The smallest absolute Gasteiger partial charge is 0.306 e. The lowest BCUT2D eigenvalue weighted by atomic mass is 9.36. The van der Waals surface area contributed by atoms with Crippen LogP contribution in [0.25, 0.3) is 0 Å². The van der Waals surface area contributed by atoms with Crippen molar-refractivity contribution in [2.24, 2.45) is 62.6 Å². The average molecular weight is 789 g/mol. The van der Waals surface area contributed by atoms with Crippen LogP contribution in [-0.2, 0) is 24.5 Å². The molecule has 1 amide bonds. The lowest BCUT2D eigenvalue weighted by Crippen LogP contribution is -2.63. The predicted molar refractivity (Wildman–Crippen MR) is 230 cm³/mol. The molecule has 2 N–H and O–H groups in total. The fourth-order valence-corrected chi connectivity index (χ4v) is 13.9. The fourth-order valence-electron chi connectivity index (χ4n) is 13.9. The van der Waals surface area contributed by atoms with Gasteiger partial charge in [-0.1, -0.05) is 112 Å². The van der Waals surface area contributed by atoms with E-state index < -0.39 is 5.41 Å². The fraction of sp³-hybridized carbons (Fsp3) is 0.800. The van der Waals surface area contributed by atoms with Gasteiger partial charge in [0.25, 0.3) is 6.47 Å². The van der Waals surface area contributed by atoms with Crippen molar-refractivity contribution in [3.8, 4) is 6.07 Å². The average Bonchev–Trinajstić information content (AvgIpc) is 3.80. The van der Waals surface area contributed by atoms with Crippen LogP contribution in [0.2, 0.25) is 0 Å². The minimum absolute atomic E-state index is 0. The minimum atomic E-state index is -0.570. The molecule has 6 aliphatic rings. The van der Waals surface area contributed by atoms with Crippen LogP contribution in [0.15, 0.2) is 30.3 Å². The molecule has 6 saturated carbocycles. The second-order valence-corrected chi connectivity index (χ2v) is 21.6. The molecular formula is C50H80N2O5. The first-order chi connectivity index (χ1) is 26.4. The monoisotopic (exact) mass is 789 g/mol. The number of hydrogen-bond acceptors (Lipinski definition) is 5. The van der Waals surface area contributed by atoms with E-state index in [-0.39, 0.29) is 42.2 Å². The molecular weight excluding hydrogens is 709 g/mol. The number of fused-ring (bicyclic) bond motifs is 7. The molecule has 57 heavy (non-hydrogen) atoms. The quantitative estimate of drug-likeness (QED) is 0.138. The van der Waals surface area contributed by atoms with Gasteiger partial charge in [-0.25, -0.2) is 0 Å². The van der Waals surface area contributed by atoms with Crippen LogP contribution in [-0.4, -0.2) is 36.6 Å². The summed E-state index contributed by atoms with van der Waals surface area (Å²) in [5, 5.41) is 20.5. The first kappa shape index (κ1) is 46.8. The van der Waals surface area contributed by atoms with Crippen molar-refractivity contribution in [3.05, 3.63) is 35.9 Å². The maximum absolute atomic E-state index is 13.0. The van der Waals surface area contributed by atoms with Crippen molar-refractivity contribution in [3.63, 3.8) is 0 Å². The van der Waals surface area contributed by atoms with Crippen molar-refractivity contribution in [2.75, 3.05) is 6.54 Å². The lowest BCUT2D eigenvalue weighted by molar-refractivity contribution is -0.222. The first-order valence-corrected chi connectivity index (χ1v) is 22.4. The van der Waals surface area contributed by atoms with Gasteiger partial charge in [-0.05, 0) is 146 Å². The zero-order valence-electron chi connectivity index (χ0n) is 36.3. The number of carbonyl (C=O) groups excluding carboxylic acids is 2. The van der Waals surface area contributed by atoms with Gasteiger partial charge in [0, 0.05) is 12.0 Å². The summed E-state index contributed by atoms with van der Waals surface area (Å²) < 4.78 is 6.31. The number of nitrogens with one attached hydrogen (secondary N) is 1. The molecule has 320 valence electrons. The van der Waals surface area contributed by atoms with Gasteiger partial charge < -0.3 is 15.2 Å². The Labute approximate surface area is 347 Å². The van der Waals surface area contributed by atoms with Crippen LogP contribution >= 0.6 is 0 Å². The third-order valence-electron chi connectivity index (χ3n) is 16.8. The number of ether oxygens (including phenoxy) is 1. The van der Waals surface area contributed by atoms with E-state index in [0.717, 1.165) is 60.8 Å². The van der Waals surface area contributed by atoms with E-state index in [0.29, 0.717) is 36.1 Å². The number of hydrogen-bond donors (Lipinski definition) is 2. The van der Waals surface area contributed by atoms with Crippen molar-refractivity contribution in [1.82, 2.24) is 5.32 Å². The van der Waals surface area contributed by atoms with Crippen LogP contribution in [0, 0.1) is 73.9 Å².